The van der Waals surface area contributed by atoms with Gasteiger partial charge in [-0.3, -0.25) is 9.80 Å². The zero-order valence-corrected chi connectivity index (χ0v) is 14.0. The Morgan fingerprint density at radius 3 is 2.78 bits per heavy atom. The van der Waals surface area contributed by atoms with Crippen LogP contribution in [0.2, 0.25) is 0 Å². The SMILES string of the molecule is CC(C)(C)OC(=O)N1CCN2Cc3ccccc3OCC2C1N. The second-order valence-corrected chi connectivity index (χ2v) is 7.12. The molecule has 0 spiro atoms. The normalized spacial score (nSPS) is 25.0. The molecule has 0 aliphatic carbocycles. The highest BCUT2D eigenvalue weighted by atomic mass is 16.6. The van der Waals surface area contributed by atoms with E-state index in [0.717, 1.165) is 24.4 Å². The summed E-state index contributed by atoms with van der Waals surface area (Å²) in [5, 5.41) is 0. The molecular weight excluding hydrogens is 294 g/mol. The quantitative estimate of drug-likeness (QED) is 0.789. The summed E-state index contributed by atoms with van der Waals surface area (Å²) in [4.78, 5) is 16.3. The third-order valence-electron chi connectivity index (χ3n) is 4.23. The van der Waals surface area contributed by atoms with Crippen LogP contribution in [-0.2, 0) is 11.3 Å². The number of rotatable bonds is 0. The minimum absolute atomic E-state index is 0.0383. The molecule has 1 aromatic carbocycles. The molecule has 2 N–H and O–H groups in total. The van der Waals surface area contributed by atoms with Crippen LogP contribution in [-0.4, -0.2) is 53.4 Å². The Hall–Kier alpha value is -1.79. The lowest BCUT2D eigenvalue weighted by molar-refractivity contribution is -0.0263. The first-order valence-electron chi connectivity index (χ1n) is 8.05. The van der Waals surface area contributed by atoms with Crippen molar-refractivity contribution >= 4 is 6.09 Å². The molecule has 2 atom stereocenters. The molecule has 23 heavy (non-hydrogen) atoms. The minimum atomic E-state index is -0.524. The first-order chi connectivity index (χ1) is 10.8. The van der Waals surface area contributed by atoms with E-state index in [1.807, 2.05) is 39.0 Å². The second-order valence-electron chi connectivity index (χ2n) is 7.12. The van der Waals surface area contributed by atoms with Crippen molar-refractivity contribution in [2.75, 3.05) is 19.7 Å². The summed E-state index contributed by atoms with van der Waals surface area (Å²) in [7, 11) is 0. The Balaban J connectivity index is 1.74. The Labute approximate surface area is 137 Å². The summed E-state index contributed by atoms with van der Waals surface area (Å²) in [6, 6.07) is 7.99. The van der Waals surface area contributed by atoms with Gasteiger partial charge in [0.15, 0.2) is 0 Å². The second kappa shape index (κ2) is 6.02. The van der Waals surface area contributed by atoms with Gasteiger partial charge in [0, 0.05) is 25.2 Å². The smallest absolute Gasteiger partial charge is 0.411 e. The van der Waals surface area contributed by atoms with E-state index < -0.39 is 11.8 Å². The molecule has 1 fully saturated rings. The number of hydrogen-bond acceptors (Lipinski definition) is 5. The topological polar surface area (TPSA) is 68.0 Å². The van der Waals surface area contributed by atoms with Crippen molar-refractivity contribution in [3.05, 3.63) is 29.8 Å². The van der Waals surface area contributed by atoms with Crippen LogP contribution in [0.1, 0.15) is 26.3 Å². The number of fused-ring (bicyclic) bond motifs is 2. The Morgan fingerprint density at radius 1 is 1.30 bits per heavy atom. The lowest BCUT2D eigenvalue weighted by Gasteiger charge is -2.44. The van der Waals surface area contributed by atoms with Crippen molar-refractivity contribution in [2.24, 2.45) is 5.73 Å². The zero-order chi connectivity index (χ0) is 16.6. The Bertz CT molecular complexity index is 585. The Kier molecular flexibility index (Phi) is 4.21. The van der Waals surface area contributed by atoms with Crippen LogP contribution in [0.4, 0.5) is 4.79 Å². The zero-order valence-electron chi connectivity index (χ0n) is 14.0. The predicted molar refractivity (Wildman–Crippen MR) is 87.1 cm³/mol. The van der Waals surface area contributed by atoms with Crippen LogP contribution >= 0.6 is 0 Å². The molecule has 0 bridgehead atoms. The predicted octanol–water partition coefficient (Wildman–Crippen LogP) is 1.79. The summed E-state index contributed by atoms with van der Waals surface area (Å²) in [5.74, 6) is 0.901. The van der Waals surface area contributed by atoms with Gasteiger partial charge in [0.2, 0.25) is 0 Å². The third-order valence-corrected chi connectivity index (χ3v) is 4.23. The van der Waals surface area contributed by atoms with E-state index in [2.05, 4.69) is 11.0 Å². The number of ether oxygens (including phenoxy) is 2. The van der Waals surface area contributed by atoms with Gasteiger partial charge >= 0.3 is 6.09 Å². The molecule has 3 rings (SSSR count). The van der Waals surface area contributed by atoms with E-state index in [-0.39, 0.29) is 12.1 Å². The van der Waals surface area contributed by atoms with Gasteiger partial charge in [-0.2, -0.15) is 0 Å². The first-order valence-corrected chi connectivity index (χ1v) is 8.05. The van der Waals surface area contributed by atoms with E-state index in [0.29, 0.717) is 13.2 Å². The molecule has 1 amide bonds. The summed E-state index contributed by atoms with van der Waals surface area (Å²) >= 11 is 0. The van der Waals surface area contributed by atoms with Gasteiger partial charge in [0.25, 0.3) is 0 Å². The highest BCUT2D eigenvalue weighted by Gasteiger charge is 2.40. The number of nitrogens with zero attached hydrogens (tertiary/aromatic N) is 2. The molecule has 126 valence electrons. The van der Waals surface area contributed by atoms with Gasteiger partial charge in [0.05, 0.1) is 6.04 Å². The lowest BCUT2D eigenvalue weighted by Crippen LogP contribution is -2.66. The Morgan fingerprint density at radius 2 is 2.04 bits per heavy atom. The third kappa shape index (κ3) is 3.43. The van der Waals surface area contributed by atoms with E-state index in [1.54, 1.807) is 4.90 Å². The van der Waals surface area contributed by atoms with E-state index in [4.69, 9.17) is 15.2 Å². The summed E-state index contributed by atoms with van der Waals surface area (Å²) in [5.41, 5.74) is 7.00. The molecule has 6 heteroatoms. The highest BCUT2D eigenvalue weighted by Crippen LogP contribution is 2.28. The summed E-state index contributed by atoms with van der Waals surface area (Å²) in [6.07, 6.45) is -0.792. The summed E-state index contributed by atoms with van der Waals surface area (Å²) < 4.78 is 11.4. The van der Waals surface area contributed by atoms with Crippen LogP contribution in [0.15, 0.2) is 24.3 Å². The van der Waals surface area contributed by atoms with Crippen LogP contribution in [0, 0.1) is 0 Å². The maximum atomic E-state index is 12.4. The fourth-order valence-electron chi connectivity index (χ4n) is 3.08. The number of nitrogens with two attached hydrogens (primary N) is 1. The number of hydrogen-bond donors (Lipinski definition) is 1. The number of carbonyl (C=O) groups excluding carboxylic acids is 1. The molecule has 2 heterocycles. The molecule has 2 aliphatic heterocycles. The van der Waals surface area contributed by atoms with E-state index in [1.165, 1.54) is 0 Å². The molecule has 1 saturated heterocycles. The fourth-order valence-corrected chi connectivity index (χ4v) is 3.08. The average Bonchev–Trinajstić information content (AvgIpc) is 2.65. The van der Waals surface area contributed by atoms with Crippen molar-refractivity contribution in [1.82, 2.24) is 9.80 Å². The maximum absolute atomic E-state index is 12.4. The monoisotopic (exact) mass is 319 g/mol. The number of para-hydroxylation sites is 1. The van der Waals surface area contributed by atoms with Gasteiger partial charge < -0.3 is 15.2 Å². The lowest BCUT2D eigenvalue weighted by atomic mass is 10.1. The largest absolute Gasteiger partial charge is 0.491 e. The van der Waals surface area contributed by atoms with Gasteiger partial charge in [-0.1, -0.05) is 18.2 Å². The number of piperazine rings is 1. The van der Waals surface area contributed by atoms with Crippen molar-refractivity contribution in [1.29, 1.82) is 0 Å². The molecule has 6 nitrogen and oxygen atoms in total. The van der Waals surface area contributed by atoms with Crippen LogP contribution < -0.4 is 10.5 Å². The molecular formula is C17H25N3O3. The minimum Gasteiger partial charge on any atom is -0.491 e. The average molecular weight is 319 g/mol. The fraction of sp³-hybridized carbons (Fsp3) is 0.588. The molecule has 2 aliphatic rings. The van der Waals surface area contributed by atoms with Crippen LogP contribution in [0.25, 0.3) is 0 Å². The maximum Gasteiger partial charge on any atom is 0.411 e. The molecule has 0 aromatic heterocycles. The van der Waals surface area contributed by atoms with Gasteiger partial charge in [0.1, 0.15) is 24.1 Å². The molecule has 0 radical (unpaired) electrons. The van der Waals surface area contributed by atoms with Crippen LogP contribution in [0.3, 0.4) is 0 Å². The number of benzene rings is 1. The molecule has 0 saturated carbocycles. The van der Waals surface area contributed by atoms with E-state index >= 15 is 0 Å². The standard InChI is InChI=1S/C17H25N3O3/c1-17(2,3)23-16(21)20-9-8-19-10-12-6-4-5-7-14(12)22-11-13(19)15(20)18/h4-7,13,15H,8-11,18H2,1-3H3. The number of amides is 1. The van der Waals surface area contributed by atoms with Crippen molar-refractivity contribution in [3.8, 4) is 5.75 Å². The summed E-state index contributed by atoms with van der Waals surface area (Å²) in [6.45, 7) is 8.16. The van der Waals surface area contributed by atoms with Gasteiger partial charge in [-0.25, -0.2) is 4.79 Å². The van der Waals surface area contributed by atoms with Crippen LogP contribution in [0.5, 0.6) is 5.75 Å². The van der Waals surface area contributed by atoms with Crippen molar-refractivity contribution in [3.63, 3.8) is 0 Å². The van der Waals surface area contributed by atoms with Gasteiger partial charge in [-0.05, 0) is 26.8 Å². The highest BCUT2D eigenvalue weighted by molar-refractivity contribution is 5.68. The molecule has 1 aromatic rings. The van der Waals surface area contributed by atoms with Gasteiger partial charge in [-0.15, -0.1) is 0 Å². The van der Waals surface area contributed by atoms with E-state index in [9.17, 15) is 4.79 Å². The van der Waals surface area contributed by atoms with Crippen molar-refractivity contribution in [2.45, 2.75) is 45.1 Å². The number of carbonyl (C=O) groups is 1. The molecule has 2 unspecified atom stereocenters. The van der Waals surface area contributed by atoms with Crippen molar-refractivity contribution < 1.29 is 14.3 Å². The first kappa shape index (κ1) is 16.1.